The Labute approximate surface area is 92.1 Å². The normalized spacial score (nSPS) is 15.6. The summed E-state index contributed by atoms with van der Waals surface area (Å²) in [4.78, 5) is 14.9. The van der Waals surface area contributed by atoms with Crippen molar-refractivity contribution in [2.75, 3.05) is 0 Å². The topological polar surface area (TPSA) is 32.9 Å². The highest BCUT2D eigenvalue weighted by molar-refractivity contribution is 5.80. The third-order valence-electron chi connectivity index (χ3n) is 3.07. The summed E-state index contributed by atoms with van der Waals surface area (Å²) in [6.45, 7) is 1.79. The van der Waals surface area contributed by atoms with Crippen molar-refractivity contribution in [1.29, 1.82) is 0 Å². The van der Waals surface area contributed by atoms with E-state index < -0.39 is 0 Å². The van der Waals surface area contributed by atoms with Crippen LogP contribution in [0.2, 0.25) is 0 Å². The molecule has 1 heterocycles. The monoisotopic (exact) mass is 217 g/mol. The number of halogens is 1. The summed E-state index contributed by atoms with van der Waals surface area (Å²) in [6, 6.07) is 4.79. The van der Waals surface area contributed by atoms with Gasteiger partial charge in [-0.3, -0.25) is 4.79 Å². The Kier molecular flexibility index (Phi) is 1.90. The lowest BCUT2D eigenvalue weighted by atomic mass is 10.1. The molecule has 16 heavy (non-hydrogen) atoms. The van der Waals surface area contributed by atoms with E-state index in [4.69, 9.17) is 0 Å². The summed E-state index contributed by atoms with van der Waals surface area (Å²) in [5.74, 6) is 0.0902. The molecule has 0 amide bonds. The summed E-state index contributed by atoms with van der Waals surface area (Å²) in [5.41, 5.74) is 1.91. The highest BCUT2D eigenvalue weighted by Crippen LogP contribution is 2.38. The molecule has 0 saturated heterocycles. The summed E-state index contributed by atoms with van der Waals surface area (Å²) in [5, 5.41) is 0.446. The van der Waals surface area contributed by atoms with Gasteiger partial charge in [0.1, 0.15) is 5.82 Å². The smallest absolute Gasteiger partial charge is 0.189 e. The number of benzene rings is 1. The number of hydrogen-bond donors (Lipinski definition) is 1. The van der Waals surface area contributed by atoms with Crippen molar-refractivity contribution in [2.24, 2.45) is 0 Å². The molecule has 0 radical (unpaired) electrons. The van der Waals surface area contributed by atoms with Crippen molar-refractivity contribution in [3.63, 3.8) is 0 Å². The van der Waals surface area contributed by atoms with Crippen LogP contribution in [-0.4, -0.2) is 4.98 Å². The zero-order chi connectivity index (χ0) is 11.3. The lowest BCUT2D eigenvalue weighted by Crippen LogP contribution is -2.06. The Hall–Kier alpha value is -1.64. The highest BCUT2D eigenvalue weighted by Gasteiger charge is 2.25. The number of aromatic nitrogens is 1. The maximum absolute atomic E-state index is 13.7. The van der Waals surface area contributed by atoms with Gasteiger partial charge in [0.05, 0.1) is 5.52 Å². The lowest BCUT2D eigenvalue weighted by Gasteiger charge is -2.04. The number of fused-ring (bicyclic) bond motifs is 1. The molecule has 2 nitrogen and oxygen atoms in total. The maximum Gasteiger partial charge on any atom is 0.189 e. The van der Waals surface area contributed by atoms with Crippen LogP contribution in [0.15, 0.2) is 23.0 Å². The molecule has 1 aromatic heterocycles. The Balaban J connectivity index is 2.37. The number of nitrogens with one attached hydrogen (secondary N) is 1. The van der Waals surface area contributed by atoms with Gasteiger partial charge in [-0.1, -0.05) is 0 Å². The summed E-state index contributed by atoms with van der Waals surface area (Å²) < 4.78 is 13.7. The SMILES string of the molecule is Cc1cc(F)c2[nH]c(C3CC3)cc(=O)c2c1. The van der Waals surface area contributed by atoms with E-state index in [1.165, 1.54) is 6.07 Å². The number of pyridine rings is 1. The first-order valence-corrected chi connectivity index (χ1v) is 5.48. The van der Waals surface area contributed by atoms with Gasteiger partial charge in [-0.2, -0.15) is 0 Å². The van der Waals surface area contributed by atoms with Crippen LogP contribution in [0.25, 0.3) is 10.9 Å². The van der Waals surface area contributed by atoms with E-state index in [9.17, 15) is 9.18 Å². The average molecular weight is 217 g/mol. The van der Waals surface area contributed by atoms with Crippen molar-refractivity contribution < 1.29 is 4.39 Å². The van der Waals surface area contributed by atoms with Crippen LogP contribution < -0.4 is 5.43 Å². The van der Waals surface area contributed by atoms with Gasteiger partial charge in [-0.15, -0.1) is 0 Å². The molecule has 2 aromatic rings. The minimum atomic E-state index is -0.338. The first-order chi connectivity index (χ1) is 7.65. The molecule has 1 saturated carbocycles. The Morgan fingerprint density at radius 1 is 1.31 bits per heavy atom. The summed E-state index contributed by atoms with van der Waals surface area (Å²) in [6.07, 6.45) is 2.18. The van der Waals surface area contributed by atoms with Crippen LogP contribution in [0.5, 0.6) is 0 Å². The van der Waals surface area contributed by atoms with E-state index in [-0.39, 0.29) is 11.2 Å². The second-order valence-electron chi connectivity index (χ2n) is 4.53. The van der Waals surface area contributed by atoms with Gasteiger partial charge in [0.15, 0.2) is 5.43 Å². The largest absolute Gasteiger partial charge is 0.356 e. The molecule has 0 bridgehead atoms. The number of aryl methyl sites for hydroxylation is 1. The summed E-state index contributed by atoms with van der Waals surface area (Å²) in [7, 11) is 0. The molecule has 0 unspecified atom stereocenters. The fourth-order valence-electron chi connectivity index (χ4n) is 2.08. The van der Waals surface area contributed by atoms with Gasteiger partial charge in [0, 0.05) is 17.1 Å². The molecule has 1 aliphatic rings. The van der Waals surface area contributed by atoms with Crippen LogP contribution >= 0.6 is 0 Å². The predicted octanol–water partition coefficient (Wildman–Crippen LogP) is 2.85. The zero-order valence-electron chi connectivity index (χ0n) is 9.01. The molecule has 82 valence electrons. The fourth-order valence-corrected chi connectivity index (χ4v) is 2.08. The van der Waals surface area contributed by atoms with E-state index in [0.717, 1.165) is 24.1 Å². The number of rotatable bonds is 1. The molecule has 1 fully saturated rings. The van der Waals surface area contributed by atoms with E-state index in [1.54, 1.807) is 19.1 Å². The third kappa shape index (κ3) is 1.43. The van der Waals surface area contributed by atoms with Crippen LogP contribution in [0, 0.1) is 12.7 Å². The minimum Gasteiger partial charge on any atom is -0.356 e. The molecule has 3 heteroatoms. The molecule has 1 N–H and O–H groups in total. The number of aromatic amines is 1. The first kappa shape index (κ1) is 9.58. The van der Waals surface area contributed by atoms with E-state index in [1.807, 2.05) is 0 Å². The standard InChI is InChI=1S/C13H12FNO/c1-7-4-9-12(16)6-11(8-2-3-8)15-13(9)10(14)5-7/h4-6,8H,2-3H2,1H3,(H,15,16). The van der Waals surface area contributed by atoms with Gasteiger partial charge >= 0.3 is 0 Å². The van der Waals surface area contributed by atoms with Gasteiger partial charge < -0.3 is 4.98 Å². The molecule has 0 spiro atoms. The third-order valence-corrected chi connectivity index (χ3v) is 3.07. The molecule has 0 atom stereocenters. The number of H-pyrrole nitrogens is 1. The van der Waals surface area contributed by atoms with Crippen molar-refractivity contribution in [3.8, 4) is 0 Å². The Bertz CT molecular complexity index is 626. The second kappa shape index (κ2) is 3.17. The van der Waals surface area contributed by atoms with Crippen molar-refractivity contribution in [3.05, 3.63) is 45.5 Å². The fraction of sp³-hybridized carbons (Fsp3) is 0.308. The lowest BCUT2D eigenvalue weighted by molar-refractivity contribution is 0.635. The van der Waals surface area contributed by atoms with Crippen LogP contribution in [0.3, 0.4) is 0 Å². The molecule has 3 rings (SSSR count). The van der Waals surface area contributed by atoms with E-state index in [2.05, 4.69) is 4.98 Å². The van der Waals surface area contributed by atoms with Crippen LogP contribution in [0.1, 0.15) is 30.0 Å². The van der Waals surface area contributed by atoms with Crippen molar-refractivity contribution in [2.45, 2.75) is 25.7 Å². The van der Waals surface area contributed by atoms with Crippen molar-refractivity contribution >= 4 is 10.9 Å². The van der Waals surface area contributed by atoms with Gasteiger partial charge in [0.25, 0.3) is 0 Å². The van der Waals surface area contributed by atoms with Gasteiger partial charge in [-0.25, -0.2) is 4.39 Å². The molecule has 1 aromatic carbocycles. The van der Waals surface area contributed by atoms with Gasteiger partial charge in [0.2, 0.25) is 0 Å². The van der Waals surface area contributed by atoms with Crippen molar-refractivity contribution in [1.82, 2.24) is 4.98 Å². The predicted molar refractivity (Wildman–Crippen MR) is 61.2 cm³/mol. The molecule has 1 aliphatic carbocycles. The quantitative estimate of drug-likeness (QED) is 0.782. The number of hydrogen-bond acceptors (Lipinski definition) is 1. The van der Waals surface area contributed by atoms with E-state index >= 15 is 0 Å². The highest BCUT2D eigenvalue weighted by atomic mass is 19.1. The molecule has 0 aliphatic heterocycles. The zero-order valence-corrected chi connectivity index (χ0v) is 9.01. The van der Waals surface area contributed by atoms with Gasteiger partial charge in [-0.05, 0) is 43.4 Å². The average Bonchev–Trinajstić information content (AvgIpc) is 3.02. The summed E-state index contributed by atoms with van der Waals surface area (Å²) >= 11 is 0. The Morgan fingerprint density at radius 2 is 2.06 bits per heavy atom. The van der Waals surface area contributed by atoms with Crippen LogP contribution in [0.4, 0.5) is 4.39 Å². The Morgan fingerprint density at radius 3 is 2.75 bits per heavy atom. The van der Waals surface area contributed by atoms with E-state index in [0.29, 0.717) is 16.8 Å². The molecular weight excluding hydrogens is 205 g/mol. The van der Waals surface area contributed by atoms with Crippen LogP contribution in [-0.2, 0) is 0 Å². The first-order valence-electron chi connectivity index (χ1n) is 5.48. The maximum atomic E-state index is 13.7. The minimum absolute atomic E-state index is 0.0850. The molecular formula is C13H12FNO. The second-order valence-corrected chi connectivity index (χ2v) is 4.53.